The quantitative estimate of drug-likeness (QED) is 0.220. The van der Waals surface area contributed by atoms with Crippen LogP contribution in [0.2, 0.25) is 0 Å². The monoisotopic (exact) mass is 452 g/mol. The number of aromatic hydroxyl groups is 1. The van der Waals surface area contributed by atoms with Crippen molar-refractivity contribution in [2.24, 2.45) is 5.84 Å². The Bertz CT molecular complexity index is 1060. The molecular formula is C25H32N4O4. The molecule has 2 aromatic carbocycles. The third-order valence-corrected chi connectivity index (χ3v) is 5.71. The number of rotatable bonds is 10. The van der Waals surface area contributed by atoms with Crippen LogP contribution in [0.4, 0.5) is 5.69 Å². The first-order valence-electron chi connectivity index (χ1n) is 11.0. The summed E-state index contributed by atoms with van der Waals surface area (Å²) in [4.78, 5) is 29.2. The molecule has 8 nitrogen and oxygen atoms in total. The summed E-state index contributed by atoms with van der Waals surface area (Å²) in [7, 11) is 4.05. The van der Waals surface area contributed by atoms with Crippen molar-refractivity contribution in [3.63, 3.8) is 0 Å². The molecule has 0 fully saturated rings. The molecule has 1 amide bonds. The largest absolute Gasteiger partial charge is 0.507 e. The van der Waals surface area contributed by atoms with E-state index < -0.39 is 0 Å². The molecule has 8 heteroatoms. The van der Waals surface area contributed by atoms with Crippen molar-refractivity contribution in [2.45, 2.75) is 32.9 Å². The fourth-order valence-corrected chi connectivity index (χ4v) is 3.84. The Hall–Kier alpha value is -3.36. The maximum absolute atomic E-state index is 13.3. The summed E-state index contributed by atoms with van der Waals surface area (Å²) in [6, 6.07) is 8.68. The highest BCUT2D eigenvalue weighted by Gasteiger charge is 2.28. The van der Waals surface area contributed by atoms with E-state index in [1.54, 1.807) is 11.8 Å². The molecule has 0 aliphatic carbocycles. The van der Waals surface area contributed by atoms with Crippen molar-refractivity contribution in [3.8, 4) is 11.5 Å². The van der Waals surface area contributed by atoms with Crippen LogP contribution >= 0.6 is 0 Å². The molecule has 1 heterocycles. The molecule has 2 aromatic rings. The van der Waals surface area contributed by atoms with Gasteiger partial charge in [0.2, 0.25) is 0 Å². The highest BCUT2D eigenvalue weighted by Crippen LogP contribution is 2.34. The number of Topliss-reactive ketones (excluding diaryl/α,β-unsaturated/α-hetero) is 1. The average Bonchev–Trinajstić information content (AvgIpc) is 3.23. The van der Waals surface area contributed by atoms with Crippen molar-refractivity contribution in [1.29, 1.82) is 0 Å². The van der Waals surface area contributed by atoms with Crippen LogP contribution in [-0.4, -0.2) is 53.8 Å². The van der Waals surface area contributed by atoms with Gasteiger partial charge in [-0.1, -0.05) is 19.6 Å². The Balaban J connectivity index is 1.77. The Labute approximate surface area is 194 Å². The average molecular weight is 453 g/mol. The highest BCUT2D eigenvalue weighted by atomic mass is 16.5. The number of fused-ring (bicyclic) bond motifs is 1. The normalized spacial score (nSPS) is 12.6. The number of benzene rings is 2. The van der Waals surface area contributed by atoms with E-state index >= 15 is 0 Å². The predicted octanol–water partition coefficient (Wildman–Crippen LogP) is 3.16. The molecule has 0 spiro atoms. The smallest absolute Gasteiger partial charge is 0.258 e. The standard InChI is InChI=1S/C25H32N4O4/c1-5-23(30)16(2)20-12-21(24(31)13-22(20)27-26)25(32)29-14-17-7-8-19(11-18(17)15-29)33-10-6-9-28(3)4/h7-8,11-13,27,31H,2,5-6,9-10,14-15,26H2,1,3-4H3. The summed E-state index contributed by atoms with van der Waals surface area (Å²) >= 11 is 0. The molecule has 0 atom stereocenters. The summed E-state index contributed by atoms with van der Waals surface area (Å²) in [6.07, 6.45) is 1.20. The second kappa shape index (κ2) is 10.5. The van der Waals surface area contributed by atoms with Crippen LogP contribution in [-0.2, 0) is 17.9 Å². The molecule has 3 rings (SSSR count). The van der Waals surface area contributed by atoms with Crippen LogP contribution in [0.25, 0.3) is 5.57 Å². The lowest BCUT2D eigenvalue weighted by Gasteiger charge is -2.19. The van der Waals surface area contributed by atoms with Gasteiger partial charge in [0.25, 0.3) is 5.91 Å². The minimum absolute atomic E-state index is 0.0991. The first kappa shape index (κ1) is 24.3. The lowest BCUT2D eigenvalue weighted by atomic mass is 9.97. The lowest BCUT2D eigenvalue weighted by Crippen LogP contribution is -2.25. The van der Waals surface area contributed by atoms with Gasteiger partial charge < -0.3 is 25.1 Å². The fourth-order valence-electron chi connectivity index (χ4n) is 3.84. The van der Waals surface area contributed by atoms with E-state index in [0.717, 1.165) is 29.8 Å². The zero-order valence-electron chi connectivity index (χ0n) is 19.5. The zero-order chi connectivity index (χ0) is 24.1. The second-order valence-electron chi connectivity index (χ2n) is 8.41. The molecule has 0 radical (unpaired) electrons. The number of nitrogens with zero attached hydrogens (tertiary/aromatic N) is 2. The number of nitrogens with two attached hydrogens (primary N) is 1. The van der Waals surface area contributed by atoms with Gasteiger partial charge in [-0.2, -0.15) is 0 Å². The molecule has 0 unspecified atom stereocenters. The number of hydrogen-bond donors (Lipinski definition) is 3. The number of anilines is 1. The number of ether oxygens (including phenoxy) is 1. The Morgan fingerprint density at radius 1 is 1.18 bits per heavy atom. The number of nitrogens with one attached hydrogen (secondary N) is 1. The van der Waals surface area contributed by atoms with E-state index in [2.05, 4.69) is 16.9 Å². The second-order valence-corrected chi connectivity index (χ2v) is 8.41. The topological polar surface area (TPSA) is 108 Å². The van der Waals surface area contributed by atoms with Crippen molar-refractivity contribution < 1.29 is 19.4 Å². The first-order valence-corrected chi connectivity index (χ1v) is 11.0. The van der Waals surface area contributed by atoms with E-state index in [1.165, 1.54) is 12.1 Å². The van der Waals surface area contributed by atoms with Crippen LogP contribution < -0.4 is 16.0 Å². The fraction of sp³-hybridized carbons (Fsp3) is 0.360. The van der Waals surface area contributed by atoms with E-state index in [0.29, 0.717) is 30.9 Å². The van der Waals surface area contributed by atoms with Crippen molar-refractivity contribution in [3.05, 3.63) is 59.2 Å². The molecule has 4 N–H and O–H groups in total. The van der Waals surface area contributed by atoms with Crippen molar-refractivity contribution in [1.82, 2.24) is 9.80 Å². The number of hydrogen-bond acceptors (Lipinski definition) is 7. The van der Waals surface area contributed by atoms with Crippen molar-refractivity contribution in [2.75, 3.05) is 32.7 Å². The molecule has 0 aromatic heterocycles. The molecular weight excluding hydrogens is 420 g/mol. The summed E-state index contributed by atoms with van der Waals surface area (Å²) in [6.45, 7) is 7.99. The summed E-state index contributed by atoms with van der Waals surface area (Å²) < 4.78 is 5.85. The van der Waals surface area contributed by atoms with Gasteiger partial charge in [-0.15, -0.1) is 0 Å². The molecule has 0 saturated heterocycles. The van der Waals surface area contributed by atoms with Gasteiger partial charge >= 0.3 is 0 Å². The van der Waals surface area contributed by atoms with Crippen LogP contribution in [0, 0.1) is 0 Å². The van der Waals surface area contributed by atoms with Crippen molar-refractivity contribution >= 4 is 23.0 Å². The number of hydrazine groups is 1. The Morgan fingerprint density at radius 3 is 2.58 bits per heavy atom. The molecule has 1 aliphatic rings. The van der Waals surface area contributed by atoms with Crippen LogP contribution in [0.5, 0.6) is 11.5 Å². The van der Waals surface area contributed by atoms with E-state index in [-0.39, 0.29) is 35.0 Å². The minimum atomic E-state index is -0.335. The minimum Gasteiger partial charge on any atom is -0.507 e. The number of nitrogen functional groups attached to an aromatic ring is 1. The number of ketones is 1. The number of phenols is 1. The van der Waals surface area contributed by atoms with E-state index in [9.17, 15) is 14.7 Å². The lowest BCUT2D eigenvalue weighted by molar-refractivity contribution is -0.113. The molecule has 33 heavy (non-hydrogen) atoms. The number of amides is 1. The van der Waals surface area contributed by atoms with Gasteiger partial charge in [-0.3, -0.25) is 15.4 Å². The van der Waals surface area contributed by atoms with E-state index in [4.69, 9.17) is 10.6 Å². The van der Waals surface area contributed by atoms with Gasteiger partial charge in [0.15, 0.2) is 5.78 Å². The first-order chi connectivity index (χ1) is 15.7. The van der Waals surface area contributed by atoms with Gasteiger partial charge in [0.1, 0.15) is 11.5 Å². The van der Waals surface area contributed by atoms with Gasteiger partial charge in [-0.05, 0) is 49.8 Å². The summed E-state index contributed by atoms with van der Waals surface area (Å²) in [5.74, 6) is 5.62. The third kappa shape index (κ3) is 5.53. The molecule has 0 saturated carbocycles. The predicted molar refractivity (Wildman–Crippen MR) is 129 cm³/mol. The summed E-state index contributed by atoms with van der Waals surface area (Å²) in [5.41, 5.74) is 5.58. The Kier molecular flexibility index (Phi) is 7.73. The van der Waals surface area contributed by atoms with Gasteiger partial charge in [-0.25, -0.2) is 0 Å². The number of carbonyl (C=O) groups is 2. The van der Waals surface area contributed by atoms with Crippen LogP contribution in [0.3, 0.4) is 0 Å². The zero-order valence-corrected chi connectivity index (χ0v) is 19.5. The van der Waals surface area contributed by atoms with Crippen LogP contribution in [0.15, 0.2) is 36.9 Å². The van der Waals surface area contributed by atoms with E-state index in [1.807, 2.05) is 32.3 Å². The molecule has 176 valence electrons. The van der Waals surface area contributed by atoms with Crippen LogP contribution in [0.1, 0.15) is 46.8 Å². The maximum atomic E-state index is 13.3. The SMILES string of the molecule is C=C(C(=O)CC)c1cc(C(=O)N2Cc3ccc(OCCCN(C)C)cc3C2)c(O)cc1NN. The Morgan fingerprint density at radius 2 is 1.91 bits per heavy atom. The molecule has 1 aliphatic heterocycles. The number of phenolic OH excluding ortho intramolecular Hbond substituents is 1. The summed E-state index contributed by atoms with van der Waals surface area (Å²) in [5, 5.41) is 10.5. The molecule has 0 bridgehead atoms. The highest BCUT2D eigenvalue weighted by molar-refractivity contribution is 6.21. The number of carbonyl (C=O) groups excluding carboxylic acids is 2. The number of allylic oxidation sites excluding steroid dienone is 1. The third-order valence-electron chi connectivity index (χ3n) is 5.71. The maximum Gasteiger partial charge on any atom is 0.258 e. The van der Waals surface area contributed by atoms with Gasteiger partial charge in [0.05, 0.1) is 17.9 Å². The van der Waals surface area contributed by atoms with Gasteiger partial charge in [0, 0.05) is 43.3 Å².